The summed E-state index contributed by atoms with van der Waals surface area (Å²) in [6, 6.07) is 6.19. The van der Waals surface area contributed by atoms with Crippen molar-refractivity contribution in [3.63, 3.8) is 0 Å². The van der Waals surface area contributed by atoms with Gasteiger partial charge in [-0.1, -0.05) is 0 Å². The van der Waals surface area contributed by atoms with Crippen molar-refractivity contribution in [3.05, 3.63) is 30.0 Å². The molecule has 1 aromatic carbocycles. The molecule has 0 saturated carbocycles. The molecule has 0 saturated heterocycles. The first-order valence-electron chi connectivity index (χ1n) is 4.52. The van der Waals surface area contributed by atoms with Gasteiger partial charge >= 0.3 is 0 Å². The lowest BCUT2D eigenvalue weighted by molar-refractivity contribution is 0.340. The third-order valence-electron chi connectivity index (χ3n) is 2.16. The van der Waals surface area contributed by atoms with Gasteiger partial charge in [0.05, 0.1) is 6.61 Å². The van der Waals surface area contributed by atoms with E-state index < -0.39 is 0 Å². The Hall–Kier alpha value is -1.44. The standard InChI is InChI=1S/C11H13NO/c1-3-13-9-6-8(2)10-4-5-12-11(10)7-9/h4-7,12H,3H2,1-2H3. The number of nitrogens with one attached hydrogen (secondary N) is 1. The SMILES string of the molecule is CCOc1cc(C)c2cc[nH]c2c1. The van der Waals surface area contributed by atoms with Crippen LogP contribution in [0.1, 0.15) is 12.5 Å². The molecule has 1 aromatic heterocycles. The predicted octanol–water partition coefficient (Wildman–Crippen LogP) is 2.88. The van der Waals surface area contributed by atoms with Gasteiger partial charge in [0.25, 0.3) is 0 Å². The third-order valence-corrected chi connectivity index (χ3v) is 2.16. The van der Waals surface area contributed by atoms with Crippen LogP contribution in [-0.2, 0) is 0 Å². The van der Waals surface area contributed by atoms with Gasteiger partial charge in [0.1, 0.15) is 5.75 Å². The van der Waals surface area contributed by atoms with Gasteiger partial charge in [-0.05, 0) is 31.5 Å². The Balaban J connectivity index is 2.56. The van der Waals surface area contributed by atoms with Crippen LogP contribution < -0.4 is 4.74 Å². The van der Waals surface area contributed by atoms with Crippen molar-refractivity contribution < 1.29 is 4.74 Å². The first-order valence-corrected chi connectivity index (χ1v) is 4.52. The Bertz CT molecular complexity index is 417. The Morgan fingerprint density at radius 1 is 1.38 bits per heavy atom. The molecule has 0 spiro atoms. The van der Waals surface area contributed by atoms with Crippen LogP contribution in [0.5, 0.6) is 5.75 Å². The Labute approximate surface area is 77.5 Å². The van der Waals surface area contributed by atoms with E-state index in [0.717, 1.165) is 11.3 Å². The molecule has 0 radical (unpaired) electrons. The van der Waals surface area contributed by atoms with Crippen molar-refractivity contribution >= 4 is 10.9 Å². The molecule has 0 bridgehead atoms. The molecule has 2 heteroatoms. The number of rotatable bonds is 2. The summed E-state index contributed by atoms with van der Waals surface area (Å²) in [7, 11) is 0. The Kier molecular flexibility index (Phi) is 1.97. The van der Waals surface area contributed by atoms with E-state index in [2.05, 4.69) is 24.0 Å². The fourth-order valence-electron chi connectivity index (χ4n) is 1.57. The van der Waals surface area contributed by atoms with Crippen LogP contribution in [-0.4, -0.2) is 11.6 Å². The molecule has 0 aliphatic heterocycles. The molecule has 0 amide bonds. The monoisotopic (exact) mass is 175 g/mol. The maximum Gasteiger partial charge on any atom is 0.121 e. The fourth-order valence-corrected chi connectivity index (χ4v) is 1.57. The largest absolute Gasteiger partial charge is 0.494 e. The first kappa shape index (κ1) is 8.17. The topological polar surface area (TPSA) is 25.0 Å². The van der Waals surface area contributed by atoms with E-state index in [1.54, 1.807) is 0 Å². The summed E-state index contributed by atoms with van der Waals surface area (Å²) < 4.78 is 5.44. The summed E-state index contributed by atoms with van der Waals surface area (Å²) in [4.78, 5) is 3.18. The number of H-pyrrole nitrogens is 1. The number of aromatic amines is 1. The summed E-state index contributed by atoms with van der Waals surface area (Å²) in [6.45, 7) is 4.80. The highest BCUT2D eigenvalue weighted by atomic mass is 16.5. The van der Waals surface area contributed by atoms with E-state index >= 15 is 0 Å². The summed E-state index contributed by atoms with van der Waals surface area (Å²) in [6.07, 6.45) is 1.95. The molecule has 0 atom stereocenters. The fraction of sp³-hybridized carbons (Fsp3) is 0.273. The minimum Gasteiger partial charge on any atom is -0.494 e. The van der Waals surface area contributed by atoms with Crippen molar-refractivity contribution in [1.29, 1.82) is 0 Å². The molecule has 2 nitrogen and oxygen atoms in total. The molecular formula is C11H13NO. The highest BCUT2D eigenvalue weighted by molar-refractivity contribution is 5.84. The molecule has 0 aliphatic rings. The summed E-state index contributed by atoms with van der Waals surface area (Å²) in [5.74, 6) is 0.940. The van der Waals surface area contributed by atoms with Crippen LogP contribution in [0.3, 0.4) is 0 Å². The minimum absolute atomic E-state index is 0.714. The van der Waals surface area contributed by atoms with Gasteiger partial charge in [0.15, 0.2) is 0 Å². The van der Waals surface area contributed by atoms with Gasteiger partial charge in [0.2, 0.25) is 0 Å². The van der Waals surface area contributed by atoms with Crippen molar-refractivity contribution in [3.8, 4) is 5.75 Å². The lowest BCUT2D eigenvalue weighted by Gasteiger charge is -2.04. The van der Waals surface area contributed by atoms with Gasteiger partial charge in [0, 0.05) is 23.2 Å². The van der Waals surface area contributed by atoms with Crippen molar-refractivity contribution in [2.45, 2.75) is 13.8 Å². The molecule has 0 unspecified atom stereocenters. The van der Waals surface area contributed by atoms with Gasteiger partial charge in [-0.2, -0.15) is 0 Å². The normalized spacial score (nSPS) is 10.6. The molecule has 1 heterocycles. The lowest BCUT2D eigenvalue weighted by atomic mass is 10.1. The van der Waals surface area contributed by atoms with Gasteiger partial charge in [-0.3, -0.25) is 0 Å². The number of hydrogen-bond donors (Lipinski definition) is 1. The van der Waals surface area contributed by atoms with Crippen molar-refractivity contribution in [2.24, 2.45) is 0 Å². The average molecular weight is 175 g/mol. The number of aromatic nitrogens is 1. The summed E-state index contributed by atoms with van der Waals surface area (Å²) in [5.41, 5.74) is 2.39. The molecule has 0 fully saturated rings. The highest BCUT2D eigenvalue weighted by Gasteiger charge is 2.01. The van der Waals surface area contributed by atoms with E-state index in [4.69, 9.17) is 4.74 Å². The third kappa shape index (κ3) is 1.39. The van der Waals surface area contributed by atoms with Crippen LogP contribution in [0.2, 0.25) is 0 Å². The van der Waals surface area contributed by atoms with E-state index in [-0.39, 0.29) is 0 Å². The second kappa shape index (κ2) is 3.13. The van der Waals surface area contributed by atoms with E-state index in [1.165, 1.54) is 10.9 Å². The van der Waals surface area contributed by atoms with Crippen LogP contribution >= 0.6 is 0 Å². The lowest BCUT2D eigenvalue weighted by Crippen LogP contribution is -1.91. The van der Waals surface area contributed by atoms with E-state index in [9.17, 15) is 0 Å². The molecule has 1 N–H and O–H groups in total. The Morgan fingerprint density at radius 2 is 2.23 bits per heavy atom. The number of ether oxygens (including phenoxy) is 1. The minimum atomic E-state index is 0.714. The zero-order chi connectivity index (χ0) is 9.26. The van der Waals surface area contributed by atoms with Gasteiger partial charge in [-0.15, -0.1) is 0 Å². The molecule has 0 aliphatic carbocycles. The van der Waals surface area contributed by atoms with Crippen LogP contribution in [0.25, 0.3) is 10.9 Å². The molecular weight excluding hydrogens is 162 g/mol. The number of aryl methyl sites for hydroxylation is 1. The Morgan fingerprint density at radius 3 is 3.00 bits per heavy atom. The van der Waals surface area contributed by atoms with E-state index in [0.29, 0.717) is 6.61 Å². The smallest absolute Gasteiger partial charge is 0.121 e. The number of benzene rings is 1. The molecule has 13 heavy (non-hydrogen) atoms. The van der Waals surface area contributed by atoms with Crippen LogP contribution in [0, 0.1) is 6.92 Å². The van der Waals surface area contributed by atoms with Crippen LogP contribution in [0.15, 0.2) is 24.4 Å². The average Bonchev–Trinajstić information content (AvgIpc) is 2.53. The summed E-state index contributed by atoms with van der Waals surface area (Å²) >= 11 is 0. The zero-order valence-electron chi connectivity index (χ0n) is 7.92. The van der Waals surface area contributed by atoms with Crippen molar-refractivity contribution in [1.82, 2.24) is 4.98 Å². The predicted molar refractivity (Wildman–Crippen MR) is 54.2 cm³/mol. The molecule has 2 rings (SSSR count). The zero-order valence-corrected chi connectivity index (χ0v) is 7.92. The molecule has 68 valence electrons. The van der Waals surface area contributed by atoms with Gasteiger partial charge in [-0.25, -0.2) is 0 Å². The van der Waals surface area contributed by atoms with Gasteiger partial charge < -0.3 is 9.72 Å². The summed E-state index contributed by atoms with van der Waals surface area (Å²) in [5, 5.41) is 1.27. The highest BCUT2D eigenvalue weighted by Crippen LogP contribution is 2.23. The quantitative estimate of drug-likeness (QED) is 0.745. The maximum atomic E-state index is 5.44. The number of hydrogen-bond acceptors (Lipinski definition) is 1. The van der Waals surface area contributed by atoms with E-state index in [1.807, 2.05) is 19.2 Å². The maximum absolute atomic E-state index is 5.44. The number of fused-ring (bicyclic) bond motifs is 1. The first-order chi connectivity index (χ1) is 6.31. The second-order valence-electron chi connectivity index (χ2n) is 3.11. The molecule has 2 aromatic rings. The van der Waals surface area contributed by atoms with Crippen molar-refractivity contribution in [2.75, 3.05) is 6.61 Å². The van der Waals surface area contributed by atoms with Crippen LogP contribution in [0.4, 0.5) is 0 Å². The second-order valence-corrected chi connectivity index (χ2v) is 3.11.